The van der Waals surface area contributed by atoms with E-state index in [1.54, 1.807) is 6.07 Å². The number of benzene rings is 2. The van der Waals surface area contributed by atoms with E-state index in [0.29, 0.717) is 6.54 Å². The fraction of sp³-hybridized carbons (Fsp3) is 0.294. The maximum Gasteiger partial charge on any atom is 0.123 e. The first kappa shape index (κ1) is 16.0. The van der Waals surface area contributed by atoms with Crippen molar-refractivity contribution in [1.82, 2.24) is 4.90 Å². The van der Waals surface area contributed by atoms with Gasteiger partial charge in [-0.05, 0) is 43.3 Å². The van der Waals surface area contributed by atoms with E-state index in [4.69, 9.17) is 17.3 Å². The first-order chi connectivity index (χ1) is 10.0. The van der Waals surface area contributed by atoms with Crippen molar-refractivity contribution in [2.24, 2.45) is 5.73 Å². The van der Waals surface area contributed by atoms with Gasteiger partial charge in [-0.15, -0.1) is 0 Å². The molecule has 4 heteroatoms. The first-order valence-corrected chi connectivity index (χ1v) is 7.34. The van der Waals surface area contributed by atoms with E-state index in [-0.39, 0.29) is 17.9 Å². The lowest BCUT2D eigenvalue weighted by atomic mass is 10.0. The van der Waals surface area contributed by atoms with Crippen molar-refractivity contribution in [1.29, 1.82) is 0 Å². The van der Waals surface area contributed by atoms with E-state index < -0.39 is 0 Å². The van der Waals surface area contributed by atoms with E-state index in [0.717, 1.165) is 16.1 Å². The molecular weight excluding hydrogens is 287 g/mol. The number of halogens is 2. The topological polar surface area (TPSA) is 29.3 Å². The Kier molecular flexibility index (Phi) is 5.34. The Hall–Kier alpha value is -1.42. The second-order valence-electron chi connectivity index (χ2n) is 5.17. The molecule has 0 spiro atoms. The minimum Gasteiger partial charge on any atom is -0.329 e. The zero-order chi connectivity index (χ0) is 15.4. The Morgan fingerprint density at radius 2 is 1.90 bits per heavy atom. The van der Waals surface area contributed by atoms with Gasteiger partial charge in [0.05, 0.1) is 0 Å². The quantitative estimate of drug-likeness (QED) is 0.898. The number of hydrogen-bond acceptors (Lipinski definition) is 2. The van der Waals surface area contributed by atoms with Gasteiger partial charge in [0.15, 0.2) is 0 Å². The van der Waals surface area contributed by atoms with Gasteiger partial charge in [-0.3, -0.25) is 4.90 Å². The third-order valence-corrected chi connectivity index (χ3v) is 4.26. The minimum atomic E-state index is -0.246. The highest BCUT2D eigenvalue weighted by Crippen LogP contribution is 2.31. The normalized spacial score (nSPS) is 14.2. The summed E-state index contributed by atoms with van der Waals surface area (Å²) in [6.45, 7) is 2.48. The van der Waals surface area contributed by atoms with Crippen LogP contribution in [0.3, 0.4) is 0 Å². The van der Waals surface area contributed by atoms with Crippen LogP contribution in [0, 0.1) is 5.82 Å². The van der Waals surface area contributed by atoms with Crippen LogP contribution in [-0.2, 0) is 0 Å². The average molecular weight is 307 g/mol. The summed E-state index contributed by atoms with van der Waals surface area (Å²) in [5.74, 6) is -0.246. The highest BCUT2D eigenvalue weighted by molar-refractivity contribution is 6.31. The summed E-state index contributed by atoms with van der Waals surface area (Å²) < 4.78 is 13.4. The van der Waals surface area contributed by atoms with Crippen molar-refractivity contribution in [2.75, 3.05) is 13.6 Å². The summed E-state index contributed by atoms with van der Waals surface area (Å²) in [6.07, 6.45) is 0. The summed E-state index contributed by atoms with van der Waals surface area (Å²) in [6, 6.07) is 14.3. The molecule has 2 aromatic carbocycles. The molecule has 0 fully saturated rings. The van der Waals surface area contributed by atoms with E-state index >= 15 is 0 Å². The molecule has 0 radical (unpaired) electrons. The van der Waals surface area contributed by atoms with Crippen molar-refractivity contribution >= 4 is 11.6 Å². The largest absolute Gasteiger partial charge is 0.329 e. The molecule has 0 aliphatic heterocycles. The zero-order valence-electron chi connectivity index (χ0n) is 12.3. The van der Waals surface area contributed by atoms with Crippen LogP contribution >= 0.6 is 11.6 Å². The summed E-state index contributed by atoms with van der Waals surface area (Å²) in [7, 11) is 1.98. The molecule has 0 saturated heterocycles. The Bertz CT molecular complexity index is 603. The Morgan fingerprint density at radius 3 is 2.52 bits per heavy atom. The van der Waals surface area contributed by atoms with Gasteiger partial charge in [0.2, 0.25) is 0 Å². The molecule has 2 rings (SSSR count). The second-order valence-corrected chi connectivity index (χ2v) is 5.58. The average Bonchev–Trinajstić information content (AvgIpc) is 2.48. The maximum atomic E-state index is 13.4. The molecule has 2 aromatic rings. The molecule has 2 nitrogen and oxygen atoms in total. The van der Waals surface area contributed by atoms with Gasteiger partial charge in [-0.2, -0.15) is 0 Å². The van der Waals surface area contributed by atoms with Gasteiger partial charge in [-0.25, -0.2) is 4.39 Å². The van der Waals surface area contributed by atoms with Crippen LogP contribution in [0.5, 0.6) is 0 Å². The van der Waals surface area contributed by atoms with Crippen LogP contribution in [0.15, 0.2) is 48.5 Å². The van der Waals surface area contributed by atoms with E-state index in [1.165, 1.54) is 12.1 Å². The number of nitrogens with two attached hydrogens (primary N) is 1. The minimum absolute atomic E-state index is 0.0630. The van der Waals surface area contributed by atoms with Crippen molar-refractivity contribution in [3.8, 4) is 0 Å². The van der Waals surface area contributed by atoms with Crippen molar-refractivity contribution in [2.45, 2.75) is 19.0 Å². The zero-order valence-corrected chi connectivity index (χ0v) is 13.0. The standard InChI is InChI=1S/C17H20ClFN2/c1-12(15-8-3-4-9-16(15)18)21(2)17(11-20)13-6-5-7-14(19)10-13/h3-10,12,17H,11,20H2,1-2H3. The Balaban J connectivity index is 2.28. The monoisotopic (exact) mass is 306 g/mol. The Morgan fingerprint density at radius 1 is 1.19 bits per heavy atom. The molecular formula is C17H20ClFN2. The van der Waals surface area contributed by atoms with Crippen molar-refractivity contribution < 1.29 is 4.39 Å². The summed E-state index contributed by atoms with van der Waals surface area (Å²) >= 11 is 6.26. The second kappa shape index (κ2) is 7.03. The predicted molar refractivity (Wildman–Crippen MR) is 85.8 cm³/mol. The van der Waals surface area contributed by atoms with Crippen LogP contribution in [0.4, 0.5) is 4.39 Å². The molecule has 2 N–H and O–H groups in total. The molecule has 2 atom stereocenters. The Labute approximate surface area is 130 Å². The highest BCUT2D eigenvalue weighted by atomic mass is 35.5. The molecule has 112 valence electrons. The van der Waals surface area contributed by atoms with Gasteiger partial charge >= 0.3 is 0 Å². The van der Waals surface area contributed by atoms with Gasteiger partial charge in [0, 0.05) is 23.7 Å². The lowest BCUT2D eigenvalue weighted by Crippen LogP contribution is -2.32. The van der Waals surface area contributed by atoms with E-state index in [9.17, 15) is 4.39 Å². The van der Waals surface area contributed by atoms with Crippen LogP contribution in [0.2, 0.25) is 5.02 Å². The lowest BCUT2D eigenvalue weighted by molar-refractivity contribution is 0.190. The molecule has 2 unspecified atom stereocenters. The van der Waals surface area contributed by atoms with E-state index in [1.807, 2.05) is 37.4 Å². The fourth-order valence-electron chi connectivity index (χ4n) is 2.55. The molecule has 0 heterocycles. The van der Waals surface area contributed by atoms with Gasteiger partial charge < -0.3 is 5.73 Å². The maximum absolute atomic E-state index is 13.4. The summed E-state index contributed by atoms with van der Waals surface area (Å²) in [4.78, 5) is 2.12. The smallest absolute Gasteiger partial charge is 0.123 e. The fourth-order valence-corrected chi connectivity index (χ4v) is 2.85. The van der Waals surface area contributed by atoms with Crippen LogP contribution in [0.1, 0.15) is 30.1 Å². The lowest BCUT2D eigenvalue weighted by Gasteiger charge is -2.33. The van der Waals surface area contributed by atoms with Crippen LogP contribution < -0.4 is 5.73 Å². The molecule has 0 amide bonds. The highest BCUT2D eigenvalue weighted by Gasteiger charge is 2.23. The third-order valence-electron chi connectivity index (χ3n) is 3.91. The number of rotatable bonds is 5. The number of nitrogens with zero attached hydrogens (tertiary/aromatic N) is 1. The van der Waals surface area contributed by atoms with Gasteiger partial charge in [0.25, 0.3) is 0 Å². The number of hydrogen-bond donors (Lipinski definition) is 1. The summed E-state index contributed by atoms with van der Waals surface area (Å²) in [5.41, 5.74) is 7.83. The van der Waals surface area contributed by atoms with Crippen molar-refractivity contribution in [3.63, 3.8) is 0 Å². The van der Waals surface area contributed by atoms with Crippen molar-refractivity contribution in [3.05, 3.63) is 70.5 Å². The molecule has 0 bridgehead atoms. The van der Waals surface area contributed by atoms with E-state index in [2.05, 4.69) is 11.8 Å². The molecule has 21 heavy (non-hydrogen) atoms. The molecule has 0 aliphatic rings. The molecule has 0 saturated carbocycles. The van der Waals surface area contributed by atoms with Crippen LogP contribution in [0.25, 0.3) is 0 Å². The summed E-state index contributed by atoms with van der Waals surface area (Å²) in [5, 5.41) is 0.729. The number of likely N-dealkylation sites (N-methyl/N-ethyl adjacent to an activating group) is 1. The van der Waals surface area contributed by atoms with Crippen LogP contribution in [-0.4, -0.2) is 18.5 Å². The predicted octanol–water partition coefficient (Wildman–Crippen LogP) is 4.17. The first-order valence-electron chi connectivity index (χ1n) is 6.96. The third kappa shape index (κ3) is 3.62. The van der Waals surface area contributed by atoms with Gasteiger partial charge in [-0.1, -0.05) is 41.9 Å². The van der Waals surface area contributed by atoms with Gasteiger partial charge in [0.1, 0.15) is 5.82 Å². The molecule has 0 aliphatic carbocycles. The molecule has 0 aromatic heterocycles. The SMILES string of the molecule is CC(c1ccccc1Cl)N(C)C(CN)c1cccc(F)c1.